The molecule has 0 saturated carbocycles. The van der Waals surface area contributed by atoms with E-state index in [1.54, 1.807) is 0 Å². The van der Waals surface area contributed by atoms with Crippen LogP contribution in [0, 0.1) is 19.8 Å². The quantitative estimate of drug-likeness (QED) is 0.190. The number of benzene rings is 3. The van der Waals surface area contributed by atoms with E-state index < -0.39 is 0 Å². The van der Waals surface area contributed by atoms with E-state index in [4.69, 9.17) is 0 Å². The van der Waals surface area contributed by atoms with Gasteiger partial charge >= 0.3 is 0 Å². The minimum Gasteiger partial charge on any atom is -0.507 e. The molecule has 0 fully saturated rings. The van der Waals surface area contributed by atoms with Gasteiger partial charge in [0.15, 0.2) is 0 Å². The molecular formula is C38H53NO3. The molecule has 0 saturated heterocycles. The summed E-state index contributed by atoms with van der Waals surface area (Å²) in [6.45, 7) is 17.6. The normalized spacial score (nSPS) is 12.1. The van der Waals surface area contributed by atoms with Gasteiger partial charge in [0.05, 0.1) is 0 Å². The summed E-state index contributed by atoms with van der Waals surface area (Å²) < 4.78 is 0. The molecule has 42 heavy (non-hydrogen) atoms. The Morgan fingerprint density at radius 1 is 0.714 bits per heavy atom. The van der Waals surface area contributed by atoms with Crippen molar-refractivity contribution in [1.82, 2.24) is 5.32 Å². The molecule has 3 N–H and O–H groups in total. The Labute approximate surface area is 254 Å². The fourth-order valence-electron chi connectivity index (χ4n) is 5.77. The number of aryl methyl sites for hydroxylation is 4. The van der Waals surface area contributed by atoms with Crippen molar-refractivity contribution in [3.05, 3.63) is 93.5 Å². The topological polar surface area (TPSA) is 69.6 Å². The number of carbonyl (C=O) groups excluding carboxylic acids is 1. The zero-order valence-electron chi connectivity index (χ0n) is 27.2. The number of nitrogens with one attached hydrogen (secondary N) is 1. The Morgan fingerprint density at radius 2 is 1.19 bits per heavy atom. The molecule has 0 spiro atoms. The van der Waals surface area contributed by atoms with Crippen LogP contribution in [0.15, 0.2) is 54.6 Å². The van der Waals surface area contributed by atoms with E-state index in [0.717, 1.165) is 67.2 Å². The summed E-state index contributed by atoms with van der Waals surface area (Å²) in [4.78, 5) is 12.4. The van der Waals surface area contributed by atoms with Crippen LogP contribution < -0.4 is 5.32 Å². The Kier molecular flexibility index (Phi) is 11.3. The lowest BCUT2D eigenvalue weighted by atomic mass is 9.82. The summed E-state index contributed by atoms with van der Waals surface area (Å²) in [7, 11) is 0. The number of aromatic hydroxyl groups is 2. The number of phenolic OH excluding ortho intramolecular Hbond substituents is 2. The molecule has 0 radical (unpaired) electrons. The molecular weight excluding hydrogens is 518 g/mol. The van der Waals surface area contributed by atoms with Crippen LogP contribution in [0.25, 0.3) is 0 Å². The summed E-state index contributed by atoms with van der Waals surface area (Å²) >= 11 is 0. The second-order valence-corrected chi connectivity index (χ2v) is 14.2. The molecule has 3 rings (SSSR count). The van der Waals surface area contributed by atoms with Crippen LogP contribution in [-0.4, -0.2) is 22.7 Å². The molecule has 0 heterocycles. The number of phenols is 2. The third-order valence-corrected chi connectivity index (χ3v) is 8.38. The lowest BCUT2D eigenvalue weighted by Gasteiger charge is -2.24. The average molecular weight is 572 g/mol. The maximum atomic E-state index is 12.4. The summed E-state index contributed by atoms with van der Waals surface area (Å²) in [6.07, 6.45) is 7.22. The fourth-order valence-corrected chi connectivity index (χ4v) is 5.77. The molecule has 4 nitrogen and oxygen atoms in total. The highest BCUT2D eigenvalue weighted by Crippen LogP contribution is 2.36. The first-order chi connectivity index (χ1) is 19.7. The number of hydrogen-bond acceptors (Lipinski definition) is 3. The van der Waals surface area contributed by atoms with Crippen LogP contribution in [0.3, 0.4) is 0 Å². The predicted octanol–water partition coefficient (Wildman–Crippen LogP) is 9.09. The Balaban J connectivity index is 1.68. The molecule has 0 aliphatic heterocycles. The molecule has 228 valence electrons. The maximum absolute atomic E-state index is 12.4. The molecule has 0 atom stereocenters. The number of hydrogen-bond donors (Lipinski definition) is 3. The van der Waals surface area contributed by atoms with E-state index in [0.29, 0.717) is 29.5 Å². The molecule has 3 aromatic carbocycles. The summed E-state index contributed by atoms with van der Waals surface area (Å²) in [5.41, 5.74) is 6.95. The standard InChI is InChI=1S/C38H53NO3/c1-26-22-29(24-32(34(26)40)37(3,4)5)19-17-28(14-12-13-21-39-36(42)31-15-10-9-11-16-31)18-20-30-23-27(2)35(41)33(25-30)38(6,7)8/h9-11,15-16,22-25,28,40-41H,12-14,17-21H2,1-8H3,(H,39,42). The van der Waals surface area contributed by atoms with E-state index >= 15 is 0 Å². The van der Waals surface area contributed by atoms with Crippen LogP contribution in [-0.2, 0) is 23.7 Å². The van der Waals surface area contributed by atoms with Crippen molar-refractivity contribution >= 4 is 5.91 Å². The fraction of sp³-hybridized carbons (Fsp3) is 0.500. The van der Waals surface area contributed by atoms with Gasteiger partial charge in [-0.25, -0.2) is 0 Å². The van der Waals surface area contributed by atoms with Crippen LogP contribution in [0.5, 0.6) is 11.5 Å². The average Bonchev–Trinajstić information content (AvgIpc) is 2.92. The van der Waals surface area contributed by atoms with E-state index in [9.17, 15) is 15.0 Å². The van der Waals surface area contributed by atoms with Crippen LogP contribution >= 0.6 is 0 Å². The molecule has 0 aliphatic carbocycles. The number of unbranched alkanes of at least 4 members (excludes halogenated alkanes) is 1. The number of rotatable bonds is 12. The second kappa shape index (κ2) is 14.3. The van der Waals surface area contributed by atoms with Gasteiger partial charge in [-0.05, 0) is 108 Å². The molecule has 0 bridgehead atoms. The van der Waals surface area contributed by atoms with Gasteiger partial charge in [-0.3, -0.25) is 4.79 Å². The van der Waals surface area contributed by atoms with E-state index in [-0.39, 0.29) is 16.7 Å². The molecule has 3 aromatic rings. The van der Waals surface area contributed by atoms with Crippen LogP contribution in [0.1, 0.15) is 117 Å². The van der Waals surface area contributed by atoms with Gasteiger partial charge in [0.2, 0.25) is 0 Å². The Morgan fingerprint density at radius 3 is 1.64 bits per heavy atom. The van der Waals surface area contributed by atoms with Gasteiger partial charge in [0.25, 0.3) is 5.91 Å². The van der Waals surface area contributed by atoms with Crippen molar-refractivity contribution in [3.8, 4) is 11.5 Å². The predicted molar refractivity (Wildman–Crippen MR) is 176 cm³/mol. The first kappa shape index (κ1) is 33.2. The summed E-state index contributed by atoms with van der Waals surface area (Å²) in [5.74, 6) is 1.35. The van der Waals surface area contributed by atoms with E-state index in [1.165, 1.54) is 11.1 Å². The lowest BCUT2D eigenvalue weighted by molar-refractivity contribution is 0.0952. The summed E-state index contributed by atoms with van der Waals surface area (Å²) in [6, 6.07) is 18.0. The first-order valence-corrected chi connectivity index (χ1v) is 15.7. The van der Waals surface area contributed by atoms with Gasteiger partial charge in [-0.1, -0.05) is 96.8 Å². The zero-order valence-corrected chi connectivity index (χ0v) is 27.2. The van der Waals surface area contributed by atoms with Gasteiger partial charge in [-0.15, -0.1) is 0 Å². The zero-order chi connectivity index (χ0) is 31.1. The Bertz CT molecular complexity index is 1260. The van der Waals surface area contributed by atoms with Gasteiger partial charge in [-0.2, -0.15) is 0 Å². The van der Waals surface area contributed by atoms with Crippen molar-refractivity contribution < 1.29 is 15.0 Å². The van der Waals surface area contributed by atoms with Gasteiger partial charge in [0, 0.05) is 12.1 Å². The summed E-state index contributed by atoms with van der Waals surface area (Å²) in [5, 5.41) is 24.5. The largest absolute Gasteiger partial charge is 0.507 e. The number of amides is 1. The molecule has 0 aliphatic rings. The van der Waals surface area contributed by atoms with Crippen LogP contribution in [0.2, 0.25) is 0 Å². The smallest absolute Gasteiger partial charge is 0.251 e. The van der Waals surface area contributed by atoms with Crippen molar-refractivity contribution in [1.29, 1.82) is 0 Å². The van der Waals surface area contributed by atoms with Crippen molar-refractivity contribution in [2.24, 2.45) is 5.92 Å². The maximum Gasteiger partial charge on any atom is 0.251 e. The third kappa shape index (κ3) is 9.37. The highest BCUT2D eigenvalue weighted by Gasteiger charge is 2.22. The van der Waals surface area contributed by atoms with Crippen molar-refractivity contribution in [3.63, 3.8) is 0 Å². The van der Waals surface area contributed by atoms with E-state index in [2.05, 4.69) is 71.1 Å². The SMILES string of the molecule is Cc1cc(CCC(CCCCNC(=O)c2ccccc2)CCc2cc(C)c(O)c(C(C)(C)C)c2)cc(C(C)(C)C)c1O. The van der Waals surface area contributed by atoms with Gasteiger partial charge in [0.1, 0.15) is 11.5 Å². The molecule has 4 heteroatoms. The lowest BCUT2D eigenvalue weighted by Crippen LogP contribution is -2.24. The molecule has 0 aromatic heterocycles. The third-order valence-electron chi connectivity index (χ3n) is 8.38. The van der Waals surface area contributed by atoms with Crippen molar-refractivity contribution in [2.45, 2.75) is 111 Å². The van der Waals surface area contributed by atoms with E-state index in [1.807, 2.05) is 44.2 Å². The highest BCUT2D eigenvalue weighted by atomic mass is 16.3. The number of carbonyl (C=O) groups is 1. The van der Waals surface area contributed by atoms with Crippen LogP contribution in [0.4, 0.5) is 0 Å². The second-order valence-electron chi connectivity index (χ2n) is 14.2. The minimum atomic E-state index is -0.115. The van der Waals surface area contributed by atoms with Gasteiger partial charge < -0.3 is 15.5 Å². The Hall–Kier alpha value is -3.27. The minimum absolute atomic E-state index is 0.0122. The van der Waals surface area contributed by atoms with Crippen molar-refractivity contribution in [2.75, 3.05) is 6.54 Å². The highest BCUT2D eigenvalue weighted by molar-refractivity contribution is 5.94. The first-order valence-electron chi connectivity index (χ1n) is 15.7. The monoisotopic (exact) mass is 571 g/mol. The molecule has 1 amide bonds. The molecule has 0 unspecified atom stereocenters.